The number of carboxylic acids is 1. The van der Waals surface area contributed by atoms with Gasteiger partial charge in [0.15, 0.2) is 11.5 Å². The third kappa shape index (κ3) is 2.18. The summed E-state index contributed by atoms with van der Waals surface area (Å²) in [5.41, 5.74) is 6.46. The maximum atomic E-state index is 10.9. The van der Waals surface area contributed by atoms with Gasteiger partial charge in [0.1, 0.15) is 0 Å². The average Bonchev–Trinajstić information content (AvgIpc) is 2.58. The zero-order chi connectivity index (χ0) is 12.6. The van der Waals surface area contributed by atoms with Crippen LogP contribution < -0.4 is 10.6 Å². The number of nitrogens with zero attached hydrogens (tertiary/aromatic N) is 2. The fraction of sp³-hybridized carbons (Fsp3) is 0.500. The molecule has 1 aliphatic heterocycles. The number of rotatable bonds is 2. The van der Waals surface area contributed by atoms with E-state index in [2.05, 4.69) is 23.7 Å². The molecular formula is C12H17N3O2. The number of carbonyl (C=O) groups is 1. The maximum Gasteiger partial charge on any atom is 0.354 e. The van der Waals surface area contributed by atoms with Gasteiger partial charge in [-0.05, 0) is 31.4 Å². The van der Waals surface area contributed by atoms with Crippen molar-refractivity contribution >= 4 is 17.5 Å². The van der Waals surface area contributed by atoms with Gasteiger partial charge < -0.3 is 15.7 Å². The molecule has 0 saturated carbocycles. The van der Waals surface area contributed by atoms with Crippen LogP contribution in [0, 0.1) is 5.92 Å². The van der Waals surface area contributed by atoms with Crippen LogP contribution in [0.4, 0.5) is 11.5 Å². The molecule has 17 heavy (non-hydrogen) atoms. The first-order chi connectivity index (χ1) is 7.99. The molecule has 1 fully saturated rings. The van der Waals surface area contributed by atoms with Crippen molar-refractivity contribution < 1.29 is 9.90 Å². The van der Waals surface area contributed by atoms with E-state index in [1.807, 2.05) is 0 Å². The number of hydrogen-bond donors (Lipinski definition) is 2. The number of aromatic carboxylic acids is 1. The molecule has 2 heterocycles. The minimum absolute atomic E-state index is 0.0425. The number of carboxylic acid groups (broad SMARTS) is 1. The molecule has 0 aliphatic carbocycles. The Labute approximate surface area is 100 Å². The summed E-state index contributed by atoms with van der Waals surface area (Å²) >= 11 is 0. The Bertz CT molecular complexity index is 447. The number of aromatic nitrogens is 1. The van der Waals surface area contributed by atoms with E-state index in [0.29, 0.717) is 23.5 Å². The maximum absolute atomic E-state index is 10.9. The second-order valence-electron chi connectivity index (χ2n) is 4.76. The summed E-state index contributed by atoms with van der Waals surface area (Å²) in [5, 5.41) is 8.94. The highest BCUT2D eigenvalue weighted by Gasteiger charge is 2.28. The quantitative estimate of drug-likeness (QED) is 0.813. The number of anilines is 2. The van der Waals surface area contributed by atoms with E-state index in [4.69, 9.17) is 10.8 Å². The first-order valence-electron chi connectivity index (χ1n) is 5.75. The predicted molar refractivity (Wildman–Crippen MR) is 66.2 cm³/mol. The summed E-state index contributed by atoms with van der Waals surface area (Å²) in [5.74, 6) is 0.160. The van der Waals surface area contributed by atoms with Crippen LogP contribution in [0.1, 0.15) is 30.8 Å². The van der Waals surface area contributed by atoms with Crippen molar-refractivity contribution in [3.63, 3.8) is 0 Å². The Morgan fingerprint density at radius 2 is 2.24 bits per heavy atom. The topological polar surface area (TPSA) is 79.5 Å². The normalized spacial score (nSPS) is 24.0. The van der Waals surface area contributed by atoms with Crippen molar-refractivity contribution in [1.29, 1.82) is 0 Å². The van der Waals surface area contributed by atoms with Gasteiger partial charge in [-0.25, -0.2) is 9.78 Å². The van der Waals surface area contributed by atoms with Crippen LogP contribution >= 0.6 is 0 Å². The van der Waals surface area contributed by atoms with E-state index >= 15 is 0 Å². The van der Waals surface area contributed by atoms with Crippen LogP contribution in [0.15, 0.2) is 12.1 Å². The molecule has 2 rings (SSSR count). The van der Waals surface area contributed by atoms with E-state index in [1.165, 1.54) is 6.07 Å². The van der Waals surface area contributed by atoms with E-state index < -0.39 is 5.97 Å². The fourth-order valence-electron chi connectivity index (χ4n) is 2.40. The van der Waals surface area contributed by atoms with Crippen LogP contribution in [0.5, 0.6) is 0 Å². The molecule has 0 aromatic carbocycles. The monoisotopic (exact) mass is 235 g/mol. The van der Waals surface area contributed by atoms with Gasteiger partial charge in [-0.3, -0.25) is 0 Å². The molecular weight excluding hydrogens is 218 g/mol. The molecule has 2 atom stereocenters. The van der Waals surface area contributed by atoms with Crippen molar-refractivity contribution in [2.75, 3.05) is 17.2 Å². The van der Waals surface area contributed by atoms with E-state index in [9.17, 15) is 4.79 Å². The molecule has 0 bridgehead atoms. The lowest BCUT2D eigenvalue weighted by Gasteiger charge is -2.24. The predicted octanol–water partition coefficient (Wildman–Crippen LogP) is 1.60. The molecule has 0 radical (unpaired) electrons. The zero-order valence-corrected chi connectivity index (χ0v) is 10.1. The third-order valence-electron chi connectivity index (χ3n) is 3.18. The van der Waals surface area contributed by atoms with Crippen LogP contribution in [0.25, 0.3) is 0 Å². The molecule has 1 aromatic rings. The highest BCUT2D eigenvalue weighted by molar-refractivity contribution is 5.87. The second kappa shape index (κ2) is 4.24. The molecule has 0 amide bonds. The van der Waals surface area contributed by atoms with Crippen LogP contribution in [0.3, 0.4) is 0 Å². The van der Waals surface area contributed by atoms with Crippen molar-refractivity contribution in [2.45, 2.75) is 26.3 Å². The lowest BCUT2D eigenvalue weighted by molar-refractivity contribution is 0.0690. The smallest absolute Gasteiger partial charge is 0.354 e. The molecule has 92 valence electrons. The fourth-order valence-corrected chi connectivity index (χ4v) is 2.40. The number of nitrogens with two attached hydrogens (primary N) is 1. The average molecular weight is 235 g/mol. The summed E-state index contributed by atoms with van der Waals surface area (Å²) in [6.45, 7) is 5.16. The van der Waals surface area contributed by atoms with Gasteiger partial charge in [0.25, 0.3) is 0 Å². The van der Waals surface area contributed by atoms with E-state index in [0.717, 1.165) is 13.0 Å². The van der Waals surface area contributed by atoms with Gasteiger partial charge in [-0.2, -0.15) is 0 Å². The molecule has 1 saturated heterocycles. The Kier molecular flexibility index (Phi) is 2.92. The van der Waals surface area contributed by atoms with Crippen molar-refractivity contribution in [3.05, 3.63) is 17.8 Å². The Balaban J connectivity index is 2.37. The van der Waals surface area contributed by atoms with Crippen molar-refractivity contribution in [1.82, 2.24) is 4.98 Å². The molecule has 0 spiro atoms. The Morgan fingerprint density at radius 3 is 2.76 bits per heavy atom. The first-order valence-corrected chi connectivity index (χ1v) is 5.75. The third-order valence-corrected chi connectivity index (χ3v) is 3.18. The highest BCUT2D eigenvalue weighted by atomic mass is 16.4. The summed E-state index contributed by atoms with van der Waals surface area (Å²) < 4.78 is 0. The standard InChI is InChI=1S/C12H17N3O2/c1-7-5-8(2)15(6-7)11-9(13)3-4-10(14-11)12(16)17/h3-4,7-8H,5-6,13H2,1-2H3,(H,16,17). The summed E-state index contributed by atoms with van der Waals surface area (Å²) in [4.78, 5) is 17.1. The number of nitrogen functional groups attached to an aromatic ring is 1. The zero-order valence-electron chi connectivity index (χ0n) is 10.1. The molecule has 1 aliphatic rings. The number of hydrogen-bond acceptors (Lipinski definition) is 4. The van der Waals surface area contributed by atoms with Crippen LogP contribution in [0.2, 0.25) is 0 Å². The first kappa shape index (κ1) is 11.7. The van der Waals surface area contributed by atoms with Gasteiger partial charge >= 0.3 is 5.97 Å². The lowest BCUT2D eigenvalue weighted by Crippen LogP contribution is -2.29. The van der Waals surface area contributed by atoms with Gasteiger partial charge in [-0.15, -0.1) is 0 Å². The minimum atomic E-state index is -1.02. The van der Waals surface area contributed by atoms with Crippen molar-refractivity contribution in [2.24, 2.45) is 5.92 Å². The lowest BCUT2D eigenvalue weighted by atomic mass is 10.1. The van der Waals surface area contributed by atoms with Crippen LogP contribution in [-0.2, 0) is 0 Å². The van der Waals surface area contributed by atoms with E-state index in [-0.39, 0.29) is 5.69 Å². The van der Waals surface area contributed by atoms with Crippen LogP contribution in [-0.4, -0.2) is 28.6 Å². The molecule has 2 unspecified atom stereocenters. The Morgan fingerprint density at radius 1 is 1.53 bits per heavy atom. The summed E-state index contributed by atoms with van der Waals surface area (Å²) in [6, 6.07) is 3.40. The number of pyridine rings is 1. The highest BCUT2D eigenvalue weighted by Crippen LogP contribution is 2.31. The van der Waals surface area contributed by atoms with Gasteiger partial charge in [0.05, 0.1) is 5.69 Å². The van der Waals surface area contributed by atoms with Gasteiger partial charge in [-0.1, -0.05) is 6.92 Å². The molecule has 3 N–H and O–H groups in total. The minimum Gasteiger partial charge on any atom is -0.477 e. The molecule has 5 heteroatoms. The summed E-state index contributed by atoms with van der Waals surface area (Å²) in [6.07, 6.45) is 1.08. The second-order valence-corrected chi connectivity index (χ2v) is 4.76. The summed E-state index contributed by atoms with van der Waals surface area (Å²) in [7, 11) is 0. The molecule has 1 aromatic heterocycles. The van der Waals surface area contributed by atoms with Gasteiger partial charge in [0.2, 0.25) is 0 Å². The largest absolute Gasteiger partial charge is 0.477 e. The van der Waals surface area contributed by atoms with Crippen molar-refractivity contribution in [3.8, 4) is 0 Å². The SMILES string of the molecule is CC1CC(C)N(c2nc(C(=O)O)ccc2N)C1. The van der Waals surface area contributed by atoms with E-state index in [1.54, 1.807) is 6.07 Å². The van der Waals surface area contributed by atoms with Gasteiger partial charge in [0, 0.05) is 12.6 Å². The molecule has 5 nitrogen and oxygen atoms in total. The Hall–Kier alpha value is -1.78.